The average Bonchev–Trinajstić information content (AvgIpc) is 2.89. The fraction of sp³-hybridized carbons (Fsp3) is 0.438. The van der Waals surface area contributed by atoms with Crippen molar-refractivity contribution in [1.29, 1.82) is 0 Å². The number of carbonyl (C=O) groups excluding carboxylic acids is 1. The molecule has 2 unspecified atom stereocenters. The number of fused-ring (bicyclic) bond motifs is 1. The summed E-state index contributed by atoms with van der Waals surface area (Å²) in [6, 6.07) is 6.60. The van der Waals surface area contributed by atoms with Crippen LogP contribution in [0, 0.1) is 11.7 Å². The molecule has 1 aromatic carbocycles. The molecule has 1 aromatic heterocycles. The van der Waals surface area contributed by atoms with Crippen molar-refractivity contribution >= 4 is 27.3 Å². The molecule has 0 radical (unpaired) electrons. The predicted molar refractivity (Wildman–Crippen MR) is 84.1 cm³/mol. The summed E-state index contributed by atoms with van der Waals surface area (Å²) in [6.45, 7) is 3.50. The zero-order valence-electron chi connectivity index (χ0n) is 12.0. The van der Waals surface area contributed by atoms with Crippen molar-refractivity contribution in [3.05, 3.63) is 35.0 Å². The van der Waals surface area contributed by atoms with Crippen LogP contribution < -0.4 is 5.73 Å². The molecule has 3 rings (SSSR count). The SMILES string of the molecule is CC(N)C1CCCN(C(=O)c2cc3ccc(F)cc3s2)C1. The lowest BCUT2D eigenvalue weighted by molar-refractivity contribution is 0.0666. The maximum Gasteiger partial charge on any atom is 0.263 e. The van der Waals surface area contributed by atoms with Crippen molar-refractivity contribution in [2.24, 2.45) is 11.7 Å². The molecule has 2 N–H and O–H groups in total. The Labute approximate surface area is 127 Å². The third kappa shape index (κ3) is 2.94. The van der Waals surface area contributed by atoms with Crippen LogP contribution in [-0.4, -0.2) is 29.9 Å². The third-order valence-corrected chi connectivity index (χ3v) is 5.27. The summed E-state index contributed by atoms with van der Waals surface area (Å²) in [4.78, 5) is 15.2. The summed E-state index contributed by atoms with van der Waals surface area (Å²) in [5, 5.41) is 0.922. The molecule has 0 spiro atoms. The second-order valence-electron chi connectivity index (χ2n) is 5.81. The van der Waals surface area contributed by atoms with E-state index in [2.05, 4.69) is 0 Å². The summed E-state index contributed by atoms with van der Waals surface area (Å²) in [5.41, 5.74) is 5.97. The normalized spacial score (nSPS) is 20.7. The van der Waals surface area contributed by atoms with Crippen LogP contribution in [0.5, 0.6) is 0 Å². The van der Waals surface area contributed by atoms with Gasteiger partial charge < -0.3 is 10.6 Å². The Morgan fingerprint density at radius 1 is 1.48 bits per heavy atom. The Kier molecular flexibility index (Phi) is 3.95. The van der Waals surface area contributed by atoms with E-state index in [9.17, 15) is 9.18 Å². The molecule has 5 heteroatoms. The first-order valence-corrected chi connectivity index (χ1v) is 8.10. The number of nitrogens with zero attached hydrogens (tertiary/aromatic N) is 1. The van der Waals surface area contributed by atoms with E-state index in [0.717, 1.165) is 36.0 Å². The number of amides is 1. The van der Waals surface area contributed by atoms with Crippen LogP contribution in [0.2, 0.25) is 0 Å². The molecule has 2 atom stereocenters. The van der Waals surface area contributed by atoms with Gasteiger partial charge in [0.15, 0.2) is 0 Å². The van der Waals surface area contributed by atoms with Crippen LogP contribution >= 0.6 is 11.3 Å². The molecule has 1 aliphatic heterocycles. The van der Waals surface area contributed by atoms with Gasteiger partial charge in [0.1, 0.15) is 5.82 Å². The number of nitrogens with two attached hydrogens (primary N) is 1. The van der Waals surface area contributed by atoms with Crippen LogP contribution in [-0.2, 0) is 0 Å². The van der Waals surface area contributed by atoms with Gasteiger partial charge in [-0.2, -0.15) is 0 Å². The summed E-state index contributed by atoms with van der Waals surface area (Å²) < 4.78 is 14.1. The molecule has 0 aliphatic carbocycles. The van der Waals surface area contributed by atoms with Gasteiger partial charge in [0.05, 0.1) is 4.88 Å². The van der Waals surface area contributed by atoms with Gasteiger partial charge >= 0.3 is 0 Å². The second-order valence-corrected chi connectivity index (χ2v) is 6.89. The van der Waals surface area contributed by atoms with Crippen LogP contribution in [0.15, 0.2) is 24.3 Å². The number of carbonyl (C=O) groups is 1. The number of hydrogen-bond acceptors (Lipinski definition) is 3. The first-order chi connectivity index (χ1) is 10.0. The number of piperidine rings is 1. The van der Waals surface area contributed by atoms with E-state index in [1.165, 1.54) is 23.5 Å². The van der Waals surface area contributed by atoms with Gasteiger partial charge in [0.25, 0.3) is 5.91 Å². The molecule has 1 aliphatic rings. The van der Waals surface area contributed by atoms with Gasteiger partial charge in [-0.3, -0.25) is 4.79 Å². The number of thiophene rings is 1. The van der Waals surface area contributed by atoms with Gasteiger partial charge in [-0.25, -0.2) is 4.39 Å². The van der Waals surface area contributed by atoms with Crippen molar-refractivity contribution in [2.45, 2.75) is 25.8 Å². The van der Waals surface area contributed by atoms with Crippen molar-refractivity contribution in [1.82, 2.24) is 4.90 Å². The number of benzene rings is 1. The highest BCUT2D eigenvalue weighted by molar-refractivity contribution is 7.20. The highest BCUT2D eigenvalue weighted by Gasteiger charge is 2.27. The number of halogens is 1. The quantitative estimate of drug-likeness (QED) is 0.926. The number of rotatable bonds is 2. The molecular weight excluding hydrogens is 287 g/mol. The van der Waals surface area contributed by atoms with Crippen LogP contribution in [0.3, 0.4) is 0 Å². The van der Waals surface area contributed by atoms with E-state index in [-0.39, 0.29) is 17.8 Å². The Morgan fingerprint density at radius 3 is 3.05 bits per heavy atom. The van der Waals surface area contributed by atoms with Crippen LogP contribution in [0.1, 0.15) is 29.4 Å². The van der Waals surface area contributed by atoms with E-state index >= 15 is 0 Å². The fourth-order valence-corrected chi connectivity index (χ4v) is 3.95. The summed E-state index contributed by atoms with van der Waals surface area (Å²) in [5.74, 6) is 0.148. The van der Waals surface area contributed by atoms with Crippen molar-refractivity contribution in [3.63, 3.8) is 0 Å². The zero-order chi connectivity index (χ0) is 15.0. The topological polar surface area (TPSA) is 46.3 Å². The van der Waals surface area contributed by atoms with Crippen LogP contribution in [0.4, 0.5) is 4.39 Å². The molecular formula is C16H19FN2OS. The number of likely N-dealkylation sites (tertiary alicyclic amines) is 1. The molecule has 0 saturated carbocycles. The summed E-state index contributed by atoms with van der Waals surface area (Å²) in [6.07, 6.45) is 2.08. The highest BCUT2D eigenvalue weighted by Crippen LogP contribution is 2.29. The lowest BCUT2D eigenvalue weighted by Crippen LogP contribution is -2.44. The van der Waals surface area contributed by atoms with E-state index in [0.29, 0.717) is 10.8 Å². The molecule has 3 nitrogen and oxygen atoms in total. The monoisotopic (exact) mass is 306 g/mol. The van der Waals surface area contributed by atoms with Gasteiger partial charge in [-0.05, 0) is 49.3 Å². The van der Waals surface area contributed by atoms with Gasteiger partial charge in [-0.1, -0.05) is 6.07 Å². The van der Waals surface area contributed by atoms with E-state index in [4.69, 9.17) is 5.73 Å². The maximum atomic E-state index is 13.2. The Morgan fingerprint density at radius 2 is 2.29 bits per heavy atom. The minimum atomic E-state index is -0.265. The average molecular weight is 306 g/mol. The van der Waals surface area contributed by atoms with Crippen molar-refractivity contribution < 1.29 is 9.18 Å². The molecule has 2 aromatic rings. The molecule has 21 heavy (non-hydrogen) atoms. The number of hydrogen-bond donors (Lipinski definition) is 1. The minimum absolute atomic E-state index is 0.0435. The molecule has 2 heterocycles. The zero-order valence-corrected chi connectivity index (χ0v) is 12.8. The van der Waals surface area contributed by atoms with Gasteiger partial charge in [0, 0.05) is 23.8 Å². The molecule has 1 amide bonds. The Balaban J connectivity index is 1.82. The molecule has 1 fully saturated rings. The Hall–Kier alpha value is -1.46. The second kappa shape index (κ2) is 5.73. The first kappa shape index (κ1) is 14.5. The first-order valence-electron chi connectivity index (χ1n) is 7.28. The smallest absolute Gasteiger partial charge is 0.263 e. The minimum Gasteiger partial charge on any atom is -0.338 e. The van der Waals surface area contributed by atoms with E-state index < -0.39 is 0 Å². The highest BCUT2D eigenvalue weighted by atomic mass is 32.1. The molecule has 112 valence electrons. The van der Waals surface area contributed by atoms with Gasteiger partial charge in [-0.15, -0.1) is 11.3 Å². The predicted octanol–water partition coefficient (Wildman–Crippen LogP) is 3.24. The third-order valence-electron chi connectivity index (χ3n) is 4.18. The van der Waals surface area contributed by atoms with E-state index in [1.807, 2.05) is 17.9 Å². The van der Waals surface area contributed by atoms with Crippen molar-refractivity contribution in [2.75, 3.05) is 13.1 Å². The maximum absolute atomic E-state index is 13.2. The Bertz CT molecular complexity index is 667. The van der Waals surface area contributed by atoms with Crippen LogP contribution in [0.25, 0.3) is 10.1 Å². The fourth-order valence-electron chi connectivity index (χ4n) is 2.89. The van der Waals surface area contributed by atoms with E-state index in [1.54, 1.807) is 6.07 Å². The standard InChI is InChI=1S/C16H19FN2OS/c1-10(18)12-3-2-6-19(9-12)16(20)15-7-11-4-5-13(17)8-14(11)21-15/h4-5,7-8,10,12H,2-3,6,9,18H2,1H3. The molecule has 0 bridgehead atoms. The summed E-state index contributed by atoms with van der Waals surface area (Å²) >= 11 is 1.36. The summed E-state index contributed by atoms with van der Waals surface area (Å²) in [7, 11) is 0. The largest absolute Gasteiger partial charge is 0.338 e. The van der Waals surface area contributed by atoms with Gasteiger partial charge in [0.2, 0.25) is 0 Å². The lowest BCUT2D eigenvalue weighted by Gasteiger charge is -2.34. The van der Waals surface area contributed by atoms with Crippen molar-refractivity contribution in [3.8, 4) is 0 Å². The lowest BCUT2D eigenvalue weighted by atomic mass is 9.92. The molecule has 1 saturated heterocycles.